The van der Waals surface area contributed by atoms with Crippen molar-refractivity contribution in [2.75, 3.05) is 6.54 Å². The average molecular weight is 330 g/mol. The highest BCUT2D eigenvalue weighted by Crippen LogP contribution is 2.25. The minimum absolute atomic E-state index is 0.0131. The zero-order valence-corrected chi connectivity index (χ0v) is 13.7. The molecule has 23 heavy (non-hydrogen) atoms. The summed E-state index contributed by atoms with van der Waals surface area (Å²) in [5.41, 5.74) is 9.66. The smallest absolute Gasteiger partial charge is 0.226 e. The van der Waals surface area contributed by atoms with E-state index < -0.39 is 0 Å². The van der Waals surface area contributed by atoms with Gasteiger partial charge in [0.05, 0.1) is 12.0 Å². The highest BCUT2D eigenvalue weighted by atomic mass is 35.5. The van der Waals surface area contributed by atoms with Crippen LogP contribution in [0.5, 0.6) is 0 Å². The van der Waals surface area contributed by atoms with Crippen LogP contribution in [0.3, 0.4) is 0 Å². The van der Waals surface area contributed by atoms with Crippen molar-refractivity contribution in [2.24, 2.45) is 5.92 Å². The van der Waals surface area contributed by atoms with Gasteiger partial charge in [0.1, 0.15) is 0 Å². The molecule has 5 heteroatoms. The van der Waals surface area contributed by atoms with E-state index in [1.54, 1.807) is 0 Å². The predicted molar refractivity (Wildman–Crippen MR) is 91.8 cm³/mol. The number of carbonyl (C=O) groups is 1. The summed E-state index contributed by atoms with van der Waals surface area (Å²) < 4.78 is 0. The van der Waals surface area contributed by atoms with Crippen LogP contribution in [0.1, 0.15) is 22.7 Å². The maximum Gasteiger partial charge on any atom is 0.226 e. The molecule has 4 nitrogen and oxygen atoms in total. The standard InChI is InChI=1S/C18H20ClN3O/c1-12-2-6-14(7-3-12)17-16(11-21-22-17)18(23)20-10-13-4-8-15(19)9-5-13/h2-9,16-17,21-22H,10-11H2,1H3,(H,20,23). The molecular formula is C18H20ClN3O. The molecule has 3 N–H and O–H groups in total. The number of aryl methyl sites for hydroxylation is 1. The van der Waals surface area contributed by atoms with E-state index in [0.29, 0.717) is 18.1 Å². The number of amides is 1. The van der Waals surface area contributed by atoms with Crippen LogP contribution in [0.25, 0.3) is 0 Å². The summed E-state index contributed by atoms with van der Waals surface area (Å²) in [6.07, 6.45) is 0. The van der Waals surface area contributed by atoms with Crippen LogP contribution in [0.15, 0.2) is 48.5 Å². The molecule has 2 atom stereocenters. The van der Waals surface area contributed by atoms with E-state index in [-0.39, 0.29) is 17.9 Å². The molecule has 0 spiro atoms. The first-order valence-corrected chi connectivity index (χ1v) is 8.08. The van der Waals surface area contributed by atoms with Crippen LogP contribution in [-0.4, -0.2) is 12.5 Å². The number of halogens is 1. The normalized spacial score (nSPS) is 20.4. The van der Waals surface area contributed by atoms with E-state index >= 15 is 0 Å². The summed E-state index contributed by atoms with van der Waals surface area (Å²) in [5.74, 6) is -0.0898. The first kappa shape index (κ1) is 16.0. The molecule has 2 aromatic carbocycles. The molecule has 120 valence electrons. The second kappa shape index (κ2) is 7.13. The zero-order chi connectivity index (χ0) is 16.2. The maximum atomic E-state index is 12.5. The summed E-state index contributed by atoms with van der Waals surface area (Å²) in [6.45, 7) is 3.18. The molecule has 1 fully saturated rings. The molecular weight excluding hydrogens is 310 g/mol. The lowest BCUT2D eigenvalue weighted by Gasteiger charge is -2.18. The molecule has 0 aliphatic carbocycles. The minimum atomic E-state index is -0.134. The number of hydrogen-bond donors (Lipinski definition) is 3. The van der Waals surface area contributed by atoms with Gasteiger partial charge in [-0.1, -0.05) is 53.6 Å². The molecule has 1 amide bonds. The Labute approximate surface area is 141 Å². The van der Waals surface area contributed by atoms with Crippen LogP contribution in [0.2, 0.25) is 5.02 Å². The van der Waals surface area contributed by atoms with Gasteiger partial charge in [-0.2, -0.15) is 0 Å². The zero-order valence-electron chi connectivity index (χ0n) is 13.0. The van der Waals surface area contributed by atoms with Gasteiger partial charge in [-0.3, -0.25) is 10.2 Å². The van der Waals surface area contributed by atoms with Crippen LogP contribution in [-0.2, 0) is 11.3 Å². The van der Waals surface area contributed by atoms with E-state index in [2.05, 4.69) is 47.4 Å². The molecule has 1 aliphatic heterocycles. The fraction of sp³-hybridized carbons (Fsp3) is 0.278. The summed E-state index contributed by atoms with van der Waals surface area (Å²) in [5, 5.41) is 3.71. The lowest BCUT2D eigenvalue weighted by Crippen LogP contribution is -2.34. The minimum Gasteiger partial charge on any atom is -0.352 e. The fourth-order valence-corrected chi connectivity index (χ4v) is 2.88. The van der Waals surface area contributed by atoms with E-state index in [4.69, 9.17) is 11.6 Å². The molecule has 1 saturated heterocycles. The van der Waals surface area contributed by atoms with E-state index in [1.807, 2.05) is 24.3 Å². The van der Waals surface area contributed by atoms with Crippen LogP contribution in [0, 0.1) is 12.8 Å². The molecule has 0 aromatic heterocycles. The predicted octanol–water partition coefficient (Wildman–Crippen LogP) is 2.73. The Morgan fingerprint density at radius 2 is 1.87 bits per heavy atom. The van der Waals surface area contributed by atoms with Crippen LogP contribution >= 0.6 is 11.6 Å². The van der Waals surface area contributed by atoms with Gasteiger partial charge in [0.2, 0.25) is 5.91 Å². The third kappa shape index (κ3) is 3.91. The highest BCUT2D eigenvalue weighted by Gasteiger charge is 2.33. The fourth-order valence-electron chi connectivity index (χ4n) is 2.75. The quantitative estimate of drug-likeness (QED) is 0.808. The second-order valence-corrected chi connectivity index (χ2v) is 6.30. The number of nitrogens with one attached hydrogen (secondary N) is 3. The summed E-state index contributed by atoms with van der Waals surface area (Å²) in [7, 11) is 0. The number of carbonyl (C=O) groups excluding carboxylic acids is 1. The summed E-state index contributed by atoms with van der Waals surface area (Å²) in [6, 6.07) is 15.8. The summed E-state index contributed by atoms with van der Waals surface area (Å²) in [4.78, 5) is 12.5. The average Bonchev–Trinajstić information content (AvgIpc) is 3.04. The maximum absolute atomic E-state index is 12.5. The summed E-state index contributed by atoms with van der Waals surface area (Å²) >= 11 is 5.87. The van der Waals surface area contributed by atoms with Crippen molar-refractivity contribution in [3.8, 4) is 0 Å². The Bertz CT molecular complexity index is 670. The lowest BCUT2D eigenvalue weighted by molar-refractivity contribution is -0.125. The van der Waals surface area contributed by atoms with Crippen LogP contribution in [0.4, 0.5) is 0 Å². The molecule has 3 rings (SSSR count). The van der Waals surface area contributed by atoms with Gasteiger partial charge in [0.25, 0.3) is 0 Å². The third-order valence-corrected chi connectivity index (χ3v) is 4.39. The van der Waals surface area contributed by atoms with Gasteiger partial charge in [0, 0.05) is 18.1 Å². The lowest BCUT2D eigenvalue weighted by atomic mass is 9.93. The van der Waals surface area contributed by atoms with Crippen molar-refractivity contribution < 1.29 is 4.79 Å². The highest BCUT2D eigenvalue weighted by molar-refractivity contribution is 6.30. The molecule has 1 aliphatic rings. The number of hydrogen-bond acceptors (Lipinski definition) is 3. The number of benzene rings is 2. The Morgan fingerprint density at radius 1 is 1.17 bits per heavy atom. The molecule has 0 saturated carbocycles. The molecule has 1 heterocycles. The largest absolute Gasteiger partial charge is 0.352 e. The van der Waals surface area contributed by atoms with Crippen molar-refractivity contribution >= 4 is 17.5 Å². The van der Waals surface area contributed by atoms with Gasteiger partial charge in [-0.05, 0) is 30.2 Å². The van der Waals surface area contributed by atoms with Crippen molar-refractivity contribution in [3.63, 3.8) is 0 Å². The van der Waals surface area contributed by atoms with Gasteiger partial charge in [0.15, 0.2) is 0 Å². The third-order valence-electron chi connectivity index (χ3n) is 4.14. The van der Waals surface area contributed by atoms with E-state index in [0.717, 1.165) is 11.1 Å². The van der Waals surface area contributed by atoms with Crippen molar-refractivity contribution in [1.82, 2.24) is 16.2 Å². The first-order valence-electron chi connectivity index (χ1n) is 7.70. The van der Waals surface area contributed by atoms with Crippen molar-refractivity contribution in [2.45, 2.75) is 19.5 Å². The number of rotatable bonds is 4. The monoisotopic (exact) mass is 329 g/mol. The van der Waals surface area contributed by atoms with E-state index in [9.17, 15) is 4.79 Å². The van der Waals surface area contributed by atoms with E-state index in [1.165, 1.54) is 5.56 Å². The van der Waals surface area contributed by atoms with Gasteiger partial charge < -0.3 is 5.32 Å². The first-order chi connectivity index (χ1) is 11.1. The Morgan fingerprint density at radius 3 is 2.57 bits per heavy atom. The van der Waals surface area contributed by atoms with Gasteiger partial charge in [-0.25, -0.2) is 5.43 Å². The van der Waals surface area contributed by atoms with Gasteiger partial charge >= 0.3 is 0 Å². The number of hydrazine groups is 1. The van der Waals surface area contributed by atoms with Gasteiger partial charge in [-0.15, -0.1) is 0 Å². The topological polar surface area (TPSA) is 53.2 Å². The molecule has 0 bridgehead atoms. The molecule has 2 unspecified atom stereocenters. The molecule has 0 radical (unpaired) electrons. The van der Waals surface area contributed by atoms with Crippen molar-refractivity contribution in [3.05, 3.63) is 70.2 Å². The Kier molecular flexibility index (Phi) is 4.96. The van der Waals surface area contributed by atoms with Crippen LogP contribution < -0.4 is 16.2 Å². The Balaban J connectivity index is 1.63. The Hall–Kier alpha value is -1.88. The SMILES string of the molecule is Cc1ccc(C2NNCC2C(=O)NCc2ccc(Cl)cc2)cc1. The molecule has 2 aromatic rings. The van der Waals surface area contributed by atoms with Crippen molar-refractivity contribution in [1.29, 1.82) is 0 Å². The second-order valence-electron chi connectivity index (χ2n) is 5.86.